The van der Waals surface area contributed by atoms with E-state index >= 15 is 0 Å². The van der Waals surface area contributed by atoms with Gasteiger partial charge in [0.1, 0.15) is 0 Å². The molecular formula is C100H86O4P4Ru. The van der Waals surface area contributed by atoms with Crippen LogP contribution in [0.3, 0.4) is 0 Å². The Labute approximate surface area is 660 Å². The van der Waals surface area contributed by atoms with Gasteiger partial charge in [0.25, 0.3) is 0 Å². The number of hydrogen-bond acceptors (Lipinski definition) is 4. The van der Waals surface area contributed by atoms with Crippen molar-refractivity contribution in [3.05, 3.63) is 384 Å². The quantitative estimate of drug-likeness (QED) is 0.0802. The first-order valence-corrected chi connectivity index (χ1v) is 41.9. The second-order valence-corrected chi connectivity index (χ2v) is 36.5. The van der Waals surface area contributed by atoms with Crippen molar-refractivity contribution in [2.24, 2.45) is 0 Å². The molecule has 0 radical (unpaired) electrons. The molecule has 0 fully saturated rings. The van der Waals surface area contributed by atoms with Crippen LogP contribution in [0.5, 0.6) is 0 Å². The van der Waals surface area contributed by atoms with Gasteiger partial charge < -0.3 is 19.8 Å². The molecule has 0 unspecified atom stereocenters. The average molecular weight is 1580 g/mol. The molecule has 0 aromatic heterocycles. The number of aryl methyl sites for hydroxylation is 8. The Morgan fingerprint density at radius 3 is 0.468 bits per heavy atom. The summed E-state index contributed by atoms with van der Waals surface area (Å²) in [6, 6.07) is 129. The molecule has 0 amide bonds. The molecule has 0 heterocycles. The van der Waals surface area contributed by atoms with Gasteiger partial charge in [-0.2, -0.15) is 0 Å². The first-order chi connectivity index (χ1) is 52.3. The number of carboxylic acid groups (broad SMARTS) is 2. The molecular weight excluding hydrogens is 1490 g/mol. The van der Waals surface area contributed by atoms with Crippen molar-refractivity contribution in [2.45, 2.75) is 69.2 Å². The van der Waals surface area contributed by atoms with Crippen LogP contribution in [0.2, 0.25) is 0 Å². The van der Waals surface area contributed by atoms with E-state index in [2.05, 4.69) is 395 Å². The van der Waals surface area contributed by atoms with Gasteiger partial charge in [0.05, 0.1) is 0 Å². The predicted octanol–water partition coefficient (Wildman–Crippen LogP) is 18.3. The van der Waals surface area contributed by atoms with E-state index in [0.717, 1.165) is 13.8 Å². The second-order valence-electron chi connectivity index (χ2n) is 27.7. The molecule has 0 atom stereocenters. The molecule has 0 bridgehead atoms. The zero-order valence-electron chi connectivity index (χ0n) is 63.1. The van der Waals surface area contributed by atoms with E-state index in [0.29, 0.717) is 0 Å². The SMILES string of the molecule is CC(=O)[O-].CC(=O)[O-].Cc1ccc(P(c2ccc(C)cc2)c2ccc3ccccc3c2-c2c(P(c3ccc(C)cc3)c3ccc(C)cc3)ccc3ccccc23)cc1.Cc1ccc(P(c2ccc(C)cc2)c2ccc3ccccc3c2-c2c(P(c3ccc(C)cc3)c3ccc(C)cc3)ccc3ccccc23)cc1.[Ru+2]. The van der Waals surface area contributed by atoms with E-state index < -0.39 is 43.6 Å². The van der Waals surface area contributed by atoms with Gasteiger partial charge in [0.2, 0.25) is 0 Å². The van der Waals surface area contributed by atoms with Crippen LogP contribution in [0.15, 0.2) is 340 Å². The Morgan fingerprint density at radius 1 is 0.202 bits per heavy atom. The summed E-state index contributed by atoms with van der Waals surface area (Å²) >= 11 is 0. The van der Waals surface area contributed by atoms with Gasteiger partial charge in [-0.1, -0.05) is 384 Å². The second kappa shape index (κ2) is 35.9. The van der Waals surface area contributed by atoms with E-state index in [-0.39, 0.29) is 19.5 Å². The van der Waals surface area contributed by atoms with Crippen molar-refractivity contribution in [1.82, 2.24) is 0 Å². The predicted molar refractivity (Wildman–Crippen MR) is 468 cm³/mol. The zero-order chi connectivity index (χ0) is 75.5. The topological polar surface area (TPSA) is 80.3 Å². The van der Waals surface area contributed by atoms with Crippen LogP contribution in [0, 0.1) is 55.4 Å². The van der Waals surface area contributed by atoms with Crippen LogP contribution < -0.4 is 73.9 Å². The summed E-state index contributed by atoms with van der Waals surface area (Å²) in [6.07, 6.45) is 0. The van der Waals surface area contributed by atoms with Crippen LogP contribution in [-0.2, 0) is 29.1 Å². The van der Waals surface area contributed by atoms with Crippen molar-refractivity contribution in [1.29, 1.82) is 0 Å². The van der Waals surface area contributed by atoms with Gasteiger partial charge >= 0.3 is 19.5 Å². The molecule has 0 spiro atoms. The Hall–Kier alpha value is -10.2. The fraction of sp³-hybridized carbons (Fsp3) is 0.100. The summed E-state index contributed by atoms with van der Waals surface area (Å²) in [5, 5.41) is 44.6. The number of fused-ring (bicyclic) bond motifs is 4. The molecule has 109 heavy (non-hydrogen) atoms. The van der Waals surface area contributed by atoms with E-state index in [1.807, 2.05) is 0 Å². The standard InChI is InChI=1S/2C48H40P2.2C2H4O2.Ru/c2*1-33-13-23-39(24-14-33)49(40-25-15-34(2)16-26-40)45-31-21-37-9-5-7-11-43(37)47(45)48-44-12-8-6-10-38(44)22-32-46(48)50(41-27-17-35(3)18-28-41)42-29-19-36(4)20-30-42;2*1-2(3)4;/h2*5-32H,1-4H3;2*1H3,(H,3,4);/q;;;;+2/p-2. The molecule has 0 N–H and O–H groups in total. The fourth-order valence-corrected chi connectivity index (χ4v) is 23.8. The van der Waals surface area contributed by atoms with E-state index in [9.17, 15) is 0 Å². The van der Waals surface area contributed by atoms with Gasteiger partial charge in [0, 0.05) is 11.9 Å². The summed E-state index contributed by atoms with van der Waals surface area (Å²) in [4.78, 5) is 17.8. The summed E-state index contributed by atoms with van der Waals surface area (Å²) in [5.41, 5.74) is 15.7. The van der Waals surface area contributed by atoms with Gasteiger partial charge in [-0.15, -0.1) is 0 Å². The maximum absolute atomic E-state index is 8.89. The van der Waals surface area contributed by atoms with Crippen LogP contribution in [0.1, 0.15) is 58.4 Å². The molecule has 0 aliphatic heterocycles. The fourth-order valence-electron chi connectivity index (χ4n) is 14.1. The number of benzene rings is 16. The summed E-state index contributed by atoms with van der Waals surface area (Å²) < 4.78 is 0. The number of carbonyl (C=O) groups is 2. The molecule has 16 aromatic carbocycles. The molecule has 0 aliphatic rings. The molecule has 16 rings (SSSR count). The minimum Gasteiger partial charge on any atom is -0.550 e. The summed E-state index contributed by atoms with van der Waals surface area (Å²) in [7, 11) is -3.54. The number of hydrogen-bond donors (Lipinski definition) is 0. The van der Waals surface area contributed by atoms with E-state index in [4.69, 9.17) is 19.8 Å². The smallest absolute Gasteiger partial charge is 0.550 e. The number of carbonyl (C=O) groups excluding carboxylic acids is 2. The van der Waals surface area contributed by atoms with Gasteiger partial charge in [0.15, 0.2) is 0 Å². The normalized spacial score (nSPS) is 11.1. The summed E-state index contributed by atoms with van der Waals surface area (Å²) in [5.74, 6) is -2.17. The van der Waals surface area contributed by atoms with Crippen molar-refractivity contribution in [3.8, 4) is 22.3 Å². The van der Waals surface area contributed by atoms with E-state index in [1.165, 1.54) is 174 Å². The first kappa shape index (κ1) is 78.4. The Kier molecular flexibility index (Phi) is 25.8. The molecule has 0 saturated carbocycles. The molecule has 16 aromatic rings. The largest absolute Gasteiger partial charge is 2.00 e. The number of rotatable bonds is 14. The Bertz CT molecular complexity index is 4940. The van der Waals surface area contributed by atoms with E-state index in [1.54, 1.807) is 0 Å². The van der Waals surface area contributed by atoms with Gasteiger partial charge in [-0.3, -0.25) is 0 Å². The molecule has 0 saturated heterocycles. The van der Waals surface area contributed by atoms with Crippen LogP contribution >= 0.6 is 31.7 Å². The first-order valence-electron chi connectivity index (χ1n) is 36.5. The third kappa shape index (κ3) is 18.3. The van der Waals surface area contributed by atoms with Crippen LogP contribution in [-0.4, -0.2) is 11.9 Å². The summed E-state index contributed by atoms with van der Waals surface area (Å²) in [6.45, 7) is 19.4. The third-order valence-electron chi connectivity index (χ3n) is 19.4. The van der Waals surface area contributed by atoms with Crippen molar-refractivity contribution >= 4 is 150 Å². The monoisotopic (exact) mass is 1580 g/mol. The Balaban J connectivity index is 0.000000184. The molecule has 4 nitrogen and oxygen atoms in total. The Morgan fingerprint density at radius 2 is 0.330 bits per heavy atom. The maximum atomic E-state index is 8.89. The van der Waals surface area contributed by atoms with Gasteiger partial charge in [-0.05, 0) is 230 Å². The molecule has 0 aliphatic carbocycles. The number of aliphatic carboxylic acids is 2. The molecule has 538 valence electrons. The van der Waals surface area contributed by atoms with Crippen LogP contribution in [0.25, 0.3) is 65.3 Å². The van der Waals surface area contributed by atoms with Gasteiger partial charge in [-0.25, -0.2) is 0 Å². The van der Waals surface area contributed by atoms with Crippen molar-refractivity contribution in [3.63, 3.8) is 0 Å². The minimum atomic E-state index is -1.08. The maximum Gasteiger partial charge on any atom is 2.00 e. The molecule has 9 heteroatoms. The van der Waals surface area contributed by atoms with Crippen molar-refractivity contribution in [2.75, 3.05) is 0 Å². The average Bonchev–Trinajstić information content (AvgIpc) is 0.736. The van der Waals surface area contributed by atoms with Crippen LogP contribution in [0.4, 0.5) is 0 Å². The number of carboxylic acids is 2. The van der Waals surface area contributed by atoms with Crippen molar-refractivity contribution < 1.29 is 39.3 Å². The third-order valence-corrected chi connectivity index (χ3v) is 29.4. The minimum absolute atomic E-state index is 0. The zero-order valence-corrected chi connectivity index (χ0v) is 68.4.